The van der Waals surface area contributed by atoms with Crippen LogP contribution in [0.3, 0.4) is 0 Å². The van der Waals surface area contributed by atoms with Crippen molar-refractivity contribution in [1.82, 2.24) is 0 Å². The zero-order valence-electron chi connectivity index (χ0n) is 34.2. The molecule has 10 aromatic rings. The van der Waals surface area contributed by atoms with E-state index in [1.807, 2.05) is 48.5 Å². The van der Waals surface area contributed by atoms with Crippen molar-refractivity contribution >= 4 is 34.5 Å². The Balaban J connectivity index is 1.12. The molecule has 2 aromatic heterocycles. The van der Waals surface area contributed by atoms with Crippen LogP contribution >= 0.6 is 0 Å². The number of hydrogen-bond donors (Lipinski definition) is 0. The normalized spacial score (nSPS) is 15.3. The molecule has 0 unspecified atom stereocenters. The van der Waals surface area contributed by atoms with E-state index in [-0.39, 0.29) is 0 Å². The maximum Gasteiger partial charge on any atom is 0.205 e. The summed E-state index contributed by atoms with van der Waals surface area (Å²) in [6.45, 7) is 0. The summed E-state index contributed by atoms with van der Waals surface area (Å²) < 4.78 is 28.8. The molecule has 4 heterocycles. The first-order valence-electron chi connectivity index (χ1n) is 21.7. The fourth-order valence-corrected chi connectivity index (χ4v) is 11.8. The molecule has 64 heavy (non-hydrogen) atoms. The summed E-state index contributed by atoms with van der Waals surface area (Å²) in [5.41, 5.74) is 13.1. The zero-order chi connectivity index (χ0) is 41.7. The van der Waals surface area contributed by atoms with E-state index in [2.05, 4.69) is 168 Å². The van der Waals surface area contributed by atoms with Crippen molar-refractivity contribution in [2.24, 2.45) is 0 Å². The SMILES string of the molecule is c1ccc2c(c1)Oc1ccccc1N2c1cc2c(o1)C1(c3ccccc3-c3ccccc31)c1cc(N3c4ccccc4Oc4ccccc43)oc1C21c2ccccc2-c2ccccc21. The molecule has 0 atom stereocenters. The maximum absolute atomic E-state index is 7.85. The lowest BCUT2D eigenvalue weighted by molar-refractivity contribution is 0.402. The molecule has 300 valence electrons. The van der Waals surface area contributed by atoms with Gasteiger partial charge in [-0.15, -0.1) is 0 Å². The quantitative estimate of drug-likeness (QED) is 0.173. The van der Waals surface area contributed by atoms with E-state index in [4.69, 9.17) is 18.3 Å². The summed E-state index contributed by atoms with van der Waals surface area (Å²) in [5, 5.41) is 0. The third kappa shape index (κ3) is 4.02. The van der Waals surface area contributed by atoms with Crippen LogP contribution in [0.2, 0.25) is 0 Å². The number of para-hydroxylation sites is 8. The van der Waals surface area contributed by atoms with Crippen molar-refractivity contribution in [2.45, 2.75) is 10.8 Å². The lowest BCUT2D eigenvalue weighted by Gasteiger charge is -2.42. The Kier molecular flexibility index (Phi) is 6.47. The summed E-state index contributed by atoms with van der Waals surface area (Å²) in [6.07, 6.45) is 0. The highest BCUT2D eigenvalue weighted by Gasteiger charge is 2.64. The lowest BCUT2D eigenvalue weighted by Crippen LogP contribution is -2.42. The molecule has 15 rings (SSSR count). The number of hydrogen-bond acceptors (Lipinski definition) is 6. The van der Waals surface area contributed by atoms with E-state index < -0.39 is 10.8 Å². The molecule has 0 bridgehead atoms. The van der Waals surface area contributed by atoms with Gasteiger partial charge < -0.3 is 18.3 Å². The van der Waals surface area contributed by atoms with Crippen LogP contribution < -0.4 is 19.3 Å². The largest absolute Gasteiger partial charge is 0.453 e. The smallest absolute Gasteiger partial charge is 0.205 e. The first-order chi connectivity index (χ1) is 31.7. The molecule has 0 saturated heterocycles. The van der Waals surface area contributed by atoms with E-state index in [0.717, 1.165) is 90.6 Å². The zero-order valence-corrected chi connectivity index (χ0v) is 34.2. The molecule has 0 radical (unpaired) electrons. The fourth-order valence-electron chi connectivity index (χ4n) is 11.8. The van der Waals surface area contributed by atoms with Crippen LogP contribution in [0.1, 0.15) is 44.9 Å². The summed E-state index contributed by atoms with van der Waals surface area (Å²) in [6, 6.07) is 72.7. The van der Waals surface area contributed by atoms with Gasteiger partial charge in [0, 0.05) is 23.3 Å². The molecule has 0 N–H and O–H groups in total. The van der Waals surface area contributed by atoms with Gasteiger partial charge in [-0.25, -0.2) is 0 Å². The van der Waals surface area contributed by atoms with Gasteiger partial charge in [-0.1, -0.05) is 146 Å². The highest BCUT2D eigenvalue weighted by atomic mass is 16.5. The van der Waals surface area contributed by atoms with Gasteiger partial charge >= 0.3 is 0 Å². The molecule has 8 aromatic carbocycles. The molecule has 3 aliphatic carbocycles. The Morgan fingerprint density at radius 3 is 0.859 bits per heavy atom. The molecule has 2 spiro atoms. The van der Waals surface area contributed by atoms with E-state index in [0.29, 0.717) is 11.8 Å². The predicted octanol–water partition coefficient (Wildman–Crippen LogP) is 15.1. The number of nitrogens with zero attached hydrogens (tertiary/aromatic N) is 2. The first-order valence-corrected chi connectivity index (χ1v) is 21.7. The Morgan fingerprint density at radius 1 is 0.281 bits per heavy atom. The molecule has 6 heteroatoms. The van der Waals surface area contributed by atoms with Crippen LogP contribution in [0.5, 0.6) is 23.0 Å². The average Bonchev–Trinajstić information content (AvgIpc) is 4.13. The van der Waals surface area contributed by atoms with Crippen molar-refractivity contribution in [2.75, 3.05) is 9.80 Å². The molecular weight excluding hydrogens is 789 g/mol. The molecule has 2 aliphatic heterocycles. The van der Waals surface area contributed by atoms with Crippen LogP contribution in [0.4, 0.5) is 34.5 Å². The van der Waals surface area contributed by atoms with E-state index in [1.54, 1.807) is 0 Å². The Morgan fingerprint density at radius 2 is 0.547 bits per heavy atom. The number of anilines is 6. The van der Waals surface area contributed by atoms with Gasteiger partial charge in [0.2, 0.25) is 11.8 Å². The van der Waals surface area contributed by atoms with E-state index >= 15 is 0 Å². The number of rotatable bonds is 2. The fraction of sp³-hybridized carbons (Fsp3) is 0.0345. The second-order valence-corrected chi connectivity index (χ2v) is 17.1. The molecule has 6 nitrogen and oxygen atoms in total. The van der Waals surface area contributed by atoms with Gasteiger partial charge in [0.15, 0.2) is 23.0 Å². The summed E-state index contributed by atoms with van der Waals surface area (Å²) >= 11 is 0. The number of benzene rings is 8. The Bertz CT molecular complexity index is 3170. The monoisotopic (exact) mass is 822 g/mol. The van der Waals surface area contributed by atoms with Crippen LogP contribution in [0.15, 0.2) is 215 Å². The minimum atomic E-state index is -0.924. The predicted molar refractivity (Wildman–Crippen MR) is 249 cm³/mol. The molecule has 0 fully saturated rings. The lowest BCUT2D eigenvalue weighted by atomic mass is 9.57. The highest BCUT2D eigenvalue weighted by Crippen LogP contribution is 2.70. The summed E-state index contributed by atoms with van der Waals surface area (Å²) in [7, 11) is 0. The average molecular weight is 823 g/mol. The third-order valence-electron chi connectivity index (χ3n) is 14.1. The van der Waals surface area contributed by atoms with Gasteiger partial charge in [0.25, 0.3) is 0 Å². The van der Waals surface area contributed by atoms with Gasteiger partial charge in [0.05, 0.1) is 22.7 Å². The van der Waals surface area contributed by atoms with Gasteiger partial charge in [-0.2, -0.15) is 0 Å². The maximum atomic E-state index is 7.85. The van der Waals surface area contributed by atoms with E-state index in [1.165, 1.54) is 22.3 Å². The molecule has 0 amide bonds. The number of fused-ring (bicyclic) bond motifs is 20. The minimum absolute atomic E-state index is 0.692. The molecular formula is C58H34N2O4. The van der Waals surface area contributed by atoms with Crippen molar-refractivity contribution in [3.05, 3.63) is 251 Å². The summed E-state index contributed by atoms with van der Waals surface area (Å²) in [4.78, 5) is 4.45. The van der Waals surface area contributed by atoms with Gasteiger partial charge in [-0.05, 0) is 93.0 Å². The van der Waals surface area contributed by atoms with Crippen LogP contribution in [0.25, 0.3) is 22.3 Å². The first kappa shape index (κ1) is 34.1. The Hall–Kier alpha value is -8.48. The van der Waals surface area contributed by atoms with E-state index in [9.17, 15) is 0 Å². The third-order valence-corrected chi connectivity index (χ3v) is 14.1. The van der Waals surface area contributed by atoms with Gasteiger partial charge in [-0.3, -0.25) is 9.80 Å². The number of ether oxygens (including phenoxy) is 2. The van der Waals surface area contributed by atoms with Crippen molar-refractivity contribution in [3.63, 3.8) is 0 Å². The van der Waals surface area contributed by atoms with Crippen molar-refractivity contribution in [3.8, 4) is 45.3 Å². The number of furan rings is 2. The highest BCUT2D eigenvalue weighted by molar-refractivity contribution is 5.95. The molecule has 0 saturated carbocycles. The Labute approximate surface area is 368 Å². The van der Waals surface area contributed by atoms with Crippen molar-refractivity contribution < 1.29 is 18.3 Å². The van der Waals surface area contributed by atoms with Crippen LogP contribution in [0, 0.1) is 0 Å². The standard InChI is InChI=1S/C58H34N2O4/c1-5-21-39-35(17-1)36-18-2-6-22-40(36)57(39)43-33-53(59-45-25-9-13-29-49(45)61-50-30-14-10-26-46(50)59)64-56(43)58(41-23-7-3-19-37(41)38-20-4-8-24-42(38)58)44-34-54(63-55(44)57)60-47-27-11-15-31-51(47)62-52-32-16-12-28-48(52)60/h1-34H. The van der Waals surface area contributed by atoms with Gasteiger partial charge in [0.1, 0.15) is 22.4 Å². The summed E-state index contributed by atoms with van der Waals surface area (Å²) in [5.74, 6) is 6.14. The van der Waals surface area contributed by atoms with Crippen LogP contribution in [-0.4, -0.2) is 0 Å². The topological polar surface area (TPSA) is 51.2 Å². The van der Waals surface area contributed by atoms with Crippen LogP contribution in [-0.2, 0) is 10.8 Å². The second kappa shape index (κ2) is 12.1. The van der Waals surface area contributed by atoms with Crippen molar-refractivity contribution in [1.29, 1.82) is 0 Å². The minimum Gasteiger partial charge on any atom is -0.453 e. The second-order valence-electron chi connectivity index (χ2n) is 17.1. The molecule has 5 aliphatic rings.